The van der Waals surface area contributed by atoms with Crippen LogP contribution in [-0.4, -0.2) is 24.1 Å². The molecule has 5 heteroatoms. The van der Waals surface area contributed by atoms with Gasteiger partial charge < -0.3 is 14.4 Å². The number of rotatable bonds is 1. The van der Waals surface area contributed by atoms with Crippen LogP contribution in [0.3, 0.4) is 0 Å². The first-order valence-corrected chi connectivity index (χ1v) is 7.89. The lowest BCUT2D eigenvalue weighted by atomic mass is 10.0. The van der Waals surface area contributed by atoms with Gasteiger partial charge in [-0.2, -0.15) is 0 Å². The maximum atomic E-state index is 12.8. The minimum atomic E-state index is 0.0534. The van der Waals surface area contributed by atoms with E-state index in [0.717, 1.165) is 13.0 Å². The number of carbonyl (C=O) groups is 1. The monoisotopic (exact) mass is 301 g/mol. The highest BCUT2D eigenvalue weighted by molar-refractivity contribution is 7.10. The molecule has 2 aliphatic heterocycles. The van der Waals surface area contributed by atoms with Crippen molar-refractivity contribution in [2.45, 2.75) is 19.4 Å². The van der Waals surface area contributed by atoms with Crippen molar-refractivity contribution in [3.8, 4) is 11.5 Å². The molecule has 0 N–H and O–H groups in total. The molecule has 0 aliphatic carbocycles. The van der Waals surface area contributed by atoms with Crippen LogP contribution in [0.2, 0.25) is 0 Å². The summed E-state index contributed by atoms with van der Waals surface area (Å²) in [5.74, 6) is 1.41. The van der Waals surface area contributed by atoms with E-state index in [2.05, 4.69) is 18.4 Å². The Morgan fingerprint density at radius 3 is 3.05 bits per heavy atom. The first-order valence-electron chi connectivity index (χ1n) is 7.01. The van der Waals surface area contributed by atoms with Crippen molar-refractivity contribution in [3.63, 3.8) is 0 Å². The summed E-state index contributed by atoms with van der Waals surface area (Å²) in [5.41, 5.74) is 1.94. The molecule has 3 heterocycles. The standard InChI is InChI=1S/C16H15NO3S/c1-10-12-5-7-21-15(12)4-6-17(10)16(18)11-2-3-13-14(8-11)20-9-19-13/h2-3,5,7-8,10H,4,6,9H2,1H3. The van der Waals surface area contributed by atoms with Gasteiger partial charge in [0.15, 0.2) is 11.5 Å². The second-order valence-corrected chi connectivity index (χ2v) is 6.29. The van der Waals surface area contributed by atoms with E-state index in [1.54, 1.807) is 23.5 Å². The molecule has 1 aromatic carbocycles. The average Bonchev–Trinajstić information content (AvgIpc) is 3.15. The Hall–Kier alpha value is -2.01. The minimum absolute atomic E-state index is 0.0534. The molecule has 4 rings (SSSR count). The summed E-state index contributed by atoms with van der Waals surface area (Å²) in [6.45, 7) is 3.09. The molecule has 0 fully saturated rings. The predicted molar refractivity (Wildman–Crippen MR) is 80.0 cm³/mol. The summed E-state index contributed by atoms with van der Waals surface area (Å²) >= 11 is 1.78. The van der Waals surface area contributed by atoms with Gasteiger partial charge in [-0.25, -0.2) is 0 Å². The fraction of sp³-hybridized carbons (Fsp3) is 0.312. The molecule has 2 aliphatic rings. The molecule has 1 amide bonds. The summed E-state index contributed by atoms with van der Waals surface area (Å²) in [6, 6.07) is 7.65. The number of ether oxygens (including phenoxy) is 2. The second kappa shape index (κ2) is 4.77. The Labute approximate surface area is 126 Å². The number of benzene rings is 1. The Bertz CT molecular complexity index is 709. The summed E-state index contributed by atoms with van der Waals surface area (Å²) in [4.78, 5) is 16.1. The third kappa shape index (κ3) is 2.00. The first kappa shape index (κ1) is 12.7. The summed E-state index contributed by atoms with van der Waals surface area (Å²) in [7, 11) is 0. The summed E-state index contributed by atoms with van der Waals surface area (Å²) in [5, 5.41) is 2.11. The largest absolute Gasteiger partial charge is 0.454 e. The van der Waals surface area contributed by atoms with Crippen molar-refractivity contribution >= 4 is 17.2 Å². The maximum absolute atomic E-state index is 12.8. The van der Waals surface area contributed by atoms with Gasteiger partial charge in [0.25, 0.3) is 5.91 Å². The van der Waals surface area contributed by atoms with Gasteiger partial charge in [-0.3, -0.25) is 4.79 Å². The van der Waals surface area contributed by atoms with Crippen molar-refractivity contribution < 1.29 is 14.3 Å². The van der Waals surface area contributed by atoms with Gasteiger partial charge in [-0.15, -0.1) is 11.3 Å². The van der Waals surface area contributed by atoms with E-state index in [1.165, 1.54) is 10.4 Å². The molecule has 21 heavy (non-hydrogen) atoms. The van der Waals surface area contributed by atoms with Gasteiger partial charge in [0, 0.05) is 17.0 Å². The van der Waals surface area contributed by atoms with Crippen molar-refractivity contribution in [1.82, 2.24) is 4.90 Å². The normalized spacial score (nSPS) is 19.5. The molecule has 1 unspecified atom stereocenters. The molecule has 0 bridgehead atoms. The van der Waals surface area contributed by atoms with Crippen LogP contribution in [0.15, 0.2) is 29.6 Å². The molecular weight excluding hydrogens is 286 g/mol. The highest BCUT2D eigenvalue weighted by Crippen LogP contribution is 2.36. The zero-order valence-corrected chi connectivity index (χ0v) is 12.5. The van der Waals surface area contributed by atoms with Gasteiger partial charge in [0.1, 0.15) is 0 Å². The van der Waals surface area contributed by atoms with Crippen LogP contribution in [0.25, 0.3) is 0 Å². The SMILES string of the molecule is CC1c2ccsc2CCN1C(=O)c1ccc2c(c1)OCO2. The van der Waals surface area contributed by atoms with Gasteiger partial charge in [0.2, 0.25) is 6.79 Å². The van der Waals surface area contributed by atoms with Crippen molar-refractivity contribution in [1.29, 1.82) is 0 Å². The maximum Gasteiger partial charge on any atom is 0.254 e. The van der Waals surface area contributed by atoms with Crippen LogP contribution in [0.4, 0.5) is 0 Å². The van der Waals surface area contributed by atoms with Crippen molar-refractivity contribution in [3.05, 3.63) is 45.6 Å². The molecule has 1 atom stereocenters. The number of hydrogen-bond acceptors (Lipinski definition) is 4. The van der Waals surface area contributed by atoms with Gasteiger partial charge in [-0.1, -0.05) is 0 Å². The van der Waals surface area contributed by atoms with Crippen LogP contribution < -0.4 is 9.47 Å². The third-order valence-corrected chi connectivity index (χ3v) is 5.15. The molecule has 0 saturated heterocycles. The lowest BCUT2D eigenvalue weighted by Gasteiger charge is -2.33. The van der Waals surface area contributed by atoms with Crippen LogP contribution in [0, 0.1) is 0 Å². The summed E-state index contributed by atoms with van der Waals surface area (Å²) < 4.78 is 10.6. The van der Waals surface area contributed by atoms with Crippen LogP contribution in [0.5, 0.6) is 11.5 Å². The smallest absolute Gasteiger partial charge is 0.254 e. The minimum Gasteiger partial charge on any atom is -0.454 e. The highest BCUT2D eigenvalue weighted by atomic mass is 32.1. The number of amides is 1. The first-order chi connectivity index (χ1) is 10.2. The molecule has 0 saturated carbocycles. The number of hydrogen-bond donors (Lipinski definition) is 0. The van der Waals surface area contributed by atoms with Crippen LogP contribution in [0.1, 0.15) is 33.8 Å². The van der Waals surface area contributed by atoms with E-state index >= 15 is 0 Å². The summed E-state index contributed by atoms with van der Waals surface area (Å²) in [6.07, 6.45) is 0.938. The lowest BCUT2D eigenvalue weighted by molar-refractivity contribution is 0.0679. The Morgan fingerprint density at radius 1 is 1.29 bits per heavy atom. The lowest BCUT2D eigenvalue weighted by Crippen LogP contribution is -2.38. The molecule has 4 nitrogen and oxygen atoms in total. The molecule has 108 valence electrons. The van der Waals surface area contributed by atoms with Crippen LogP contribution in [-0.2, 0) is 6.42 Å². The molecular formula is C16H15NO3S. The zero-order valence-electron chi connectivity index (χ0n) is 11.7. The second-order valence-electron chi connectivity index (χ2n) is 5.29. The van der Waals surface area contributed by atoms with Gasteiger partial charge in [-0.05, 0) is 48.6 Å². The molecule has 0 spiro atoms. The fourth-order valence-electron chi connectivity index (χ4n) is 2.98. The molecule has 2 aromatic rings. The number of nitrogens with zero attached hydrogens (tertiary/aromatic N) is 1. The zero-order chi connectivity index (χ0) is 14.4. The molecule has 0 radical (unpaired) electrons. The molecule has 1 aromatic heterocycles. The third-order valence-electron chi connectivity index (χ3n) is 4.16. The van der Waals surface area contributed by atoms with E-state index in [-0.39, 0.29) is 18.7 Å². The topological polar surface area (TPSA) is 38.8 Å². The van der Waals surface area contributed by atoms with E-state index < -0.39 is 0 Å². The Kier molecular flexibility index (Phi) is 2.89. The van der Waals surface area contributed by atoms with Gasteiger partial charge >= 0.3 is 0 Å². The quantitative estimate of drug-likeness (QED) is 0.811. The average molecular weight is 301 g/mol. The van der Waals surface area contributed by atoms with E-state index in [1.807, 2.05) is 11.0 Å². The predicted octanol–water partition coefficient (Wildman–Crippen LogP) is 3.24. The van der Waals surface area contributed by atoms with Crippen molar-refractivity contribution in [2.75, 3.05) is 13.3 Å². The van der Waals surface area contributed by atoms with Crippen molar-refractivity contribution in [2.24, 2.45) is 0 Å². The Balaban J connectivity index is 1.63. The number of fused-ring (bicyclic) bond motifs is 2. The van der Waals surface area contributed by atoms with E-state index in [9.17, 15) is 4.79 Å². The number of carbonyl (C=O) groups excluding carboxylic acids is 1. The van der Waals surface area contributed by atoms with Crippen LogP contribution >= 0.6 is 11.3 Å². The number of thiophene rings is 1. The fourth-order valence-corrected chi connectivity index (χ4v) is 3.95. The Morgan fingerprint density at radius 2 is 2.14 bits per heavy atom. The highest BCUT2D eigenvalue weighted by Gasteiger charge is 2.29. The van der Waals surface area contributed by atoms with Gasteiger partial charge in [0.05, 0.1) is 6.04 Å². The van der Waals surface area contributed by atoms with E-state index in [0.29, 0.717) is 17.1 Å². The van der Waals surface area contributed by atoms with E-state index in [4.69, 9.17) is 9.47 Å².